The average molecular weight is 407 g/mol. The summed E-state index contributed by atoms with van der Waals surface area (Å²) in [6, 6.07) is 0. The van der Waals surface area contributed by atoms with Crippen molar-refractivity contribution < 1.29 is 24.0 Å². The number of imidazole rings is 1. The third kappa shape index (κ3) is 3.04. The average Bonchev–Trinajstić information content (AvgIpc) is 3.06. The molecule has 1 fully saturated rings. The van der Waals surface area contributed by atoms with Crippen LogP contribution in [0.15, 0.2) is 11.1 Å². The summed E-state index contributed by atoms with van der Waals surface area (Å²) in [4.78, 5) is 8.74. The van der Waals surface area contributed by atoms with Crippen molar-refractivity contribution in [1.29, 1.82) is 0 Å². The molecule has 0 saturated carbocycles. The van der Waals surface area contributed by atoms with Gasteiger partial charge in [0.2, 0.25) is 12.0 Å². The SMILES string of the molecule is Nc1c2nc(Br)n([C@H]3CC(O)[C@@H](CO)O3)c2nc[n+]1SCCO. The third-order valence-electron chi connectivity index (χ3n) is 3.60. The number of nitrogen functional groups attached to an aromatic ring is 1. The number of anilines is 1. The Kier molecular flexibility index (Phi) is 5.04. The summed E-state index contributed by atoms with van der Waals surface area (Å²) in [6.45, 7) is -0.223. The van der Waals surface area contributed by atoms with Crippen molar-refractivity contribution >= 4 is 44.9 Å². The van der Waals surface area contributed by atoms with E-state index in [2.05, 4.69) is 25.9 Å². The lowest BCUT2D eigenvalue weighted by Crippen LogP contribution is -2.31. The minimum Gasteiger partial charge on any atom is -0.395 e. The summed E-state index contributed by atoms with van der Waals surface area (Å²) in [6.07, 6.45) is 0.00742. The van der Waals surface area contributed by atoms with Crippen molar-refractivity contribution in [3.05, 3.63) is 11.1 Å². The van der Waals surface area contributed by atoms with E-state index < -0.39 is 18.4 Å². The fourth-order valence-electron chi connectivity index (χ4n) is 2.50. The number of hydrogen-bond acceptors (Lipinski definition) is 8. The lowest BCUT2D eigenvalue weighted by Gasteiger charge is -2.13. The number of hydrogen-bond donors (Lipinski definition) is 4. The minimum absolute atomic E-state index is 0.0314. The number of ether oxygens (including phenoxy) is 1. The molecule has 3 heterocycles. The Balaban J connectivity index is 1.99. The molecule has 9 nitrogen and oxygen atoms in total. The van der Waals surface area contributed by atoms with Crippen LogP contribution < -0.4 is 9.71 Å². The molecular formula is C12H17BrN5O4S+. The molecule has 126 valence electrons. The molecule has 1 aliphatic rings. The van der Waals surface area contributed by atoms with E-state index in [0.717, 1.165) is 0 Å². The standard InChI is InChI=1S/C12H16BrN5O4S/c13-12-16-9-10(14)17(23-2-1-19)5-15-11(9)18(12)8-3-6(21)7(4-20)22-8/h5-8,14,19-21H,1-4H2/p+1/t6?,7-,8-/m1/s1. The highest BCUT2D eigenvalue weighted by molar-refractivity contribution is 9.10. The van der Waals surface area contributed by atoms with E-state index >= 15 is 0 Å². The number of aliphatic hydroxyl groups is 3. The maximum absolute atomic E-state index is 9.91. The van der Waals surface area contributed by atoms with Crippen LogP contribution in [-0.4, -0.2) is 61.0 Å². The van der Waals surface area contributed by atoms with Crippen molar-refractivity contribution in [2.75, 3.05) is 24.7 Å². The van der Waals surface area contributed by atoms with E-state index in [4.69, 9.17) is 15.6 Å². The molecule has 3 atom stereocenters. The zero-order valence-electron chi connectivity index (χ0n) is 12.0. The monoisotopic (exact) mass is 406 g/mol. The van der Waals surface area contributed by atoms with Gasteiger partial charge in [0.25, 0.3) is 5.82 Å². The van der Waals surface area contributed by atoms with Crippen molar-refractivity contribution in [3.63, 3.8) is 0 Å². The van der Waals surface area contributed by atoms with Crippen molar-refractivity contribution in [3.8, 4) is 0 Å². The van der Waals surface area contributed by atoms with Gasteiger partial charge in [0.05, 0.1) is 25.1 Å². The molecule has 0 aromatic carbocycles. The molecule has 1 saturated heterocycles. The first-order valence-electron chi connectivity index (χ1n) is 6.99. The van der Waals surface area contributed by atoms with Gasteiger partial charge in [-0.1, -0.05) is 4.98 Å². The van der Waals surface area contributed by atoms with Gasteiger partial charge in [0.1, 0.15) is 12.3 Å². The second-order valence-corrected chi connectivity index (χ2v) is 6.82. The van der Waals surface area contributed by atoms with Gasteiger partial charge in [-0.25, -0.2) is 4.98 Å². The topological polar surface area (TPSA) is 131 Å². The van der Waals surface area contributed by atoms with Gasteiger partial charge in [-0.2, -0.15) is 3.97 Å². The van der Waals surface area contributed by atoms with Gasteiger partial charge in [-0.3, -0.25) is 4.57 Å². The summed E-state index contributed by atoms with van der Waals surface area (Å²) in [5.41, 5.74) is 7.13. The summed E-state index contributed by atoms with van der Waals surface area (Å²) < 4.78 is 9.48. The molecule has 11 heteroatoms. The molecule has 3 rings (SSSR count). The first-order valence-corrected chi connectivity index (χ1v) is 8.72. The van der Waals surface area contributed by atoms with Gasteiger partial charge in [-0.05, 0) is 15.9 Å². The van der Waals surface area contributed by atoms with Gasteiger partial charge in [0.15, 0.2) is 10.3 Å². The van der Waals surface area contributed by atoms with Crippen molar-refractivity contribution in [1.82, 2.24) is 14.5 Å². The zero-order chi connectivity index (χ0) is 16.6. The maximum atomic E-state index is 9.91. The number of rotatable bonds is 5. The molecular weight excluding hydrogens is 390 g/mol. The van der Waals surface area contributed by atoms with Crippen LogP contribution in [0.25, 0.3) is 11.2 Å². The number of fused-ring (bicyclic) bond motifs is 1. The quantitative estimate of drug-likeness (QED) is 0.374. The van der Waals surface area contributed by atoms with Gasteiger partial charge >= 0.3 is 0 Å². The molecule has 0 aliphatic carbocycles. The lowest BCUT2D eigenvalue weighted by molar-refractivity contribution is -0.480. The first-order chi connectivity index (χ1) is 11.1. The molecule has 1 unspecified atom stereocenters. The highest BCUT2D eigenvalue weighted by Gasteiger charge is 2.37. The second-order valence-electron chi connectivity index (χ2n) is 5.05. The molecule has 0 radical (unpaired) electrons. The van der Waals surface area contributed by atoms with Crippen LogP contribution in [0.3, 0.4) is 0 Å². The summed E-state index contributed by atoms with van der Waals surface area (Å²) >= 11 is 4.69. The fraction of sp³-hybridized carbons (Fsp3) is 0.583. The van der Waals surface area contributed by atoms with E-state index in [9.17, 15) is 10.2 Å². The van der Waals surface area contributed by atoms with Gasteiger partial charge < -0.3 is 25.8 Å². The Bertz CT molecular complexity index is 714. The van der Waals surface area contributed by atoms with Crippen LogP contribution in [-0.2, 0) is 4.74 Å². The lowest BCUT2D eigenvalue weighted by atomic mass is 10.2. The Labute approximate surface area is 144 Å². The van der Waals surface area contributed by atoms with Crippen molar-refractivity contribution in [2.24, 2.45) is 0 Å². The largest absolute Gasteiger partial charge is 0.395 e. The molecule has 0 spiro atoms. The Morgan fingerprint density at radius 2 is 2.30 bits per heavy atom. The zero-order valence-corrected chi connectivity index (χ0v) is 14.4. The fourth-order valence-corrected chi connectivity index (χ4v) is 3.69. The van der Waals surface area contributed by atoms with Gasteiger partial charge in [0, 0.05) is 18.4 Å². The first kappa shape index (κ1) is 16.9. The molecule has 2 aromatic rings. The number of nitrogens with zero attached hydrogens (tertiary/aromatic N) is 4. The van der Waals surface area contributed by atoms with E-state index in [1.807, 2.05) is 0 Å². The van der Waals surface area contributed by atoms with Crippen LogP contribution in [0, 0.1) is 0 Å². The minimum atomic E-state index is -0.750. The Hall–Kier alpha value is -0.980. The van der Waals surface area contributed by atoms with Gasteiger partial charge in [-0.15, -0.1) is 0 Å². The predicted octanol–water partition coefficient (Wildman–Crippen LogP) is -0.807. The molecule has 2 aromatic heterocycles. The second kappa shape index (κ2) is 6.87. The highest BCUT2D eigenvalue weighted by atomic mass is 79.9. The Morgan fingerprint density at radius 3 is 2.96 bits per heavy atom. The predicted molar refractivity (Wildman–Crippen MR) is 86.4 cm³/mol. The van der Waals surface area contributed by atoms with E-state index in [1.54, 1.807) is 14.9 Å². The number of aliphatic hydroxyl groups excluding tert-OH is 3. The highest BCUT2D eigenvalue weighted by Crippen LogP contribution is 2.34. The number of aromatic nitrogens is 4. The molecule has 5 N–H and O–H groups in total. The third-order valence-corrected chi connectivity index (χ3v) is 5.10. The van der Waals surface area contributed by atoms with Crippen LogP contribution in [0.4, 0.5) is 5.82 Å². The van der Waals surface area contributed by atoms with E-state index in [-0.39, 0.29) is 13.2 Å². The van der Waals surface area contributed by atoms with E-state index in [0.29, 0.717) is 33.9 Å². The van der Waals surface area contributed by atoms with Crippen LogP contribution >= 0.6 is 27.9 Å². The van der Waals surface area contributed by atoms with Crippen molar-refractivity contribution in [2.45, 2.75) is 24.9 Å². The molecule has 0 amide bonds. The number of nitrogens with two attached hydrogens (primary N) is 1. The van der Waals surface area contributed by atoms with Crippen LogP contribution in [0.1, 0.15) is 12.6 Å². The smallest absolute Gasteiger partial charge is 0.262 e. The summed E-state index contributed by atoms with van der Waals surface area (Å²) in [5, 5.41) is 28.0. The van der Waals surface area contributed by atoms with E-state index in [1.165, 1.54) is 11.9 Å². The Morgan fingerprint density at radius 1 is 1.52 bits per heavy atom. The molecule has 0 bridgehead atoms. The normalized spacial score (nSPS) is 24.6. The molecule has 1 aliphatic heterocycles. The molecule has 23 heavy (non-hydrogen) atoms. The summed E-state index contributed by atoms with van der Waals surface area (Å²) in [7, 11) is 0. The number of halogens is 1. The van der Waals surface area contributed by atoms with Crippen LogP contribution in [0.5, 0.6) is 0 Å². The summed E-state index contributed by atoms with van der Waals surface area (Å²) in [5.74, 6) is 0.894. The maximum Gasteiger partial charge on any atom is 0.262 e. The van der Waals surface area contributed by atoms with Crippen LogP contribution in [0.2, 0.25) is 0 Å².